The van der Waals surface area contributed by atoms with Crippen LogP contribution < -0.4 is 0 Å². The maximum absolute atomic E-state index is 5.27. The number of rotatable bonds is 13. The van der Waals surface area contributed by atoms with Gasteiger partial charge in [0, 0.05) is 99.2 Å². The first-order valence-electron chi connectivity index (χ1n) is 40.9. The molecule has 0 spiro atoms. The van der Waals surface area contributed by atoms with Gasteiger partial charge in [-0.25, -0.2) is 19.9 Å². The van der Waals surface area contributed by atoms with Gasteiger partial charge in [-0.3, -0.25) is 0 Å². The number of hydrogen-bond acceptors (Lipinski definition) is 4. The first kappa shape index (κ1) is 68.3. The van der Waals surface area contributed by atoms with Crippen LogP contribution in [0.25, 0.3) is 233 Å². The van der Waals surface area contributed by atoms with Crippen LogP contribution in [0.1, 0.15) is 0 Å². The van der Waals surface area contributed by atoms with Crippen LogP contribution in [0.2, 0.25) is 0 Å². The van der Waals surface area contributed by atoms with Gasteiger partial charge in [0.2, 0.25) is 0 Å². The van der Waals surface area contributed by atoms with Gasteiger partial charge in [0.1, 0.15) is 0 Å². The quantitative estimate of drug-likeness (QED) is 0.115. The summed E-state index contributed by atoms with van der Waals surface area (Å²) in [6.07, 6.45) is 0. The molecule has 0 bridgehead atoms. The monoisotopic (exact) mass is 1530 g/mol. The fourth-order valence-corrected chi connectivity index (χ4v) is 18.5. The van der Waals surface area contributed by atoms with Crippen molar-refractivity contribution in [3.8, 4) is 124 Å². The summed E-state index contributed by atoms with van der Waals surface area (Å²) in [7, 11) is 0. The lowest BCUT2D eigenvalue weighted by atomic mass is 9.98. The van der Waals surface area contributed by atoms with E-state index in [9.17, 15) is 0 Å². The first-order valence-corrected chi connectivity index (χ1v) is 40.9. The molecule has 8 heteroatoms. The highest BCUT2D eigenvalue weighted by Crippen LogP contribution is 2.45. The van der Waals surface area contributed by atoms with Crippen molar-refractivity contribution in [2.24, 2.45) is 0 Å². The summed E-state index contributed by atoms with van der Waals surface area (Å²) in [6.45, 7) is 0. The van der Waals surface area contributed by atoms with Crippen molar-refractivity contribution in [3.05, 3.63) is 425 Å². The van der Waals surface area contributed by atoms with Gasteiger partial charge in [0.15, 0.2) is 11.6 Å². The fourth-order valence-electron chi connectivity index (χ4n) is 18.5. The minimum Gasteiger partial charge on any atom is -0.309 e. The van der Waals surface area contributed by atoms with E-state index in [2.05, 4.69) is 394 Å². The van der Waals surface area contributed by atoms with Gasteiger partial charge in [-0.2, -0.15) is 0 Å². The average Bonchev–Trinajstić information content (AvgIpc) is 1.58. The van der Waals surface area contributed by atoms with Crippen LogP contribution in [0.5, 0.6) is 0 Å². The van der Waals surface area contributed by atoms with Crippen LogP contribution in [0.3, 0.4) is 0 Å². The highest BCUT2D eigenvalue weighted by Gasteiger charge is 2.23. The van der Waals surface area contributed by atoms with Gasteiger partial charge in [-0.05, 0) is 213 Å². The third kappa shape index (κ3) is 11.5. The van der Waals surface area contributed by atoms with E-state index in [-0.39, 0.29) is 0 Å². The van der Waals surface area contributed by atoms with Crippen LogP contribution >= 0.6 is 0 Å². The molecule has 0 aliphatic rings. The second kappa shape index (κ2) is 27.8. The molecule has 8 nitrogen and oxygen atoms in total. The molecule has 24 aromatic rings. The van der Waals surface area contributed by atoms with Crippen LogP contribution in [0.15, 0.2) is 425 Å². The number of aromatic nitrogens is 8. The molecule has 18 aromatic carbocycles. The van der Waals surface area contributed by atoms with E-state index in [1.54, 1.807) is 0 Å². The Balaban J connectivity index is 0.627. The molecule has 0 saturated carbocycles. The predicted octanol–water partition coefficient (Wildman–Crippen LogP) is 29.0. The molecule has 558 valence electrons. The number of benzene rings is 18. The van der Waals surface area contributed by atoms with Gasteiger partial charge in [-0.15, -0.1) is 0 Å². The van der Waals surface area contributed by atoms with E-state index in [1.807, 2.05) is 48.5 Å². The van der Waals surface area contributed by atoms with Gasteiger partial charge >= 0.3 is 0 Å². The molecule has 0 unspecified atom stereocenters. The van der Waals surface area contributed by atoms with Gasteiger partial charge in [0.05, 0.1) is 66.9 Å². The van der Waals surface area contributed by atoms with Crippen LogP contribution in [0, 0.1) is 0 Å². The van der Waals surface area contributed by atoms with Gasteiger partial charge in [0.25, 0.3) is 0 Å². The smallest absolute Gasteiger partial charge is 0.160 e. The minimum atomic E-state index is 0.689. The molecule has 0 atom stereocenters. The van der Waals surface area contributed by atoms with E-state index in [4.69, 9.17) is 19.9 Å². The molecule has 0 fully saturated rings. The molecular formula is C112H70N8. The molecule has 0 N–H and O–H groups in total. The molecular weight excluding hydrogens is 1460 g/mol. The van der Waals surface area contributed by atoms with Gasteiger partial charge < -0.3 is 18.3 Å². The fraction of sp³-hybridized carbons (Fsp3) is 0. The normalized spacial score (nSPS) is 11.8. The SMILES string of the molecule is c1ccc(-c2cc(-c3ccc4cc(-n5c6ccccc6c6cc(-c7ccc8c(c7)c7cc(-c9ccc%10c(c9)c9cc(-c%11ccc%12c(c%11)c%11ccccc%11n%12-c%11ccccc%11)ccc9n%10-c9ccc%10ccc(-c%11cc(-c%12ccccc%12)nc(-c%12ccccc%12)n%11)cc%10c9)ccc7n8-c7ccccc7)ccc65)ccc4c3)nc(-c3ccccc3)n2)cc1. The summed E-state index contributed by atoms with van der Waals surface area (Å²) in [5.74, 6) is 1.39. The van der Waals surface area contributed by atoms with Crippen LogP contribution in [0.4, 0.5) is 0 Å². The maximum atomic E-state index is 5.27. The first-order chi connectivity index (χ1) is 59.4. The molecule has 0 radical (unpaired) electrons. The average molecular weight is 1530 g/mol. The Kier molecular flexibility index (Phi) is 15.8. The number of fused-ring (bicyclic) bond motifs is 14. The van der Waals surface area contributed by atoms with Crippen molar-refractivity contribution in [1.82, 2.24) is 38.2 Å². The molecule has 6 aromatic heterocycles. The van der Waals surface area contributed by atoms with Crippen molar-refractivity contribution >= 4 is 109 Å². The highest BCUT2D eigenvalue weighted by molar-refractivity contribution is 6.17. The second-order valence-corrected chi connectivity index (χ2v) is 31.3. The Hall–Kier alpha value is -16.2. The zero-order valence-electron chi connectivity index (χ0n) is 65.0. The zero-order valence-corrected chi connectivity index (χ0v) is 65.0. The Morgan fingerprint density at radius 2 is 0.383 bits per heavy atom. The van der Waals surface area contributed by atoms with Crippen molar-refractivity contribution in [2.75, 3.05) is 0 Å². The largest absolute Gasteiger partial charge is 0.309 e. The summed E-state index contributed by atoms with van der Waals surface area (Å²) in [5.41, 5.74) is 30.1. The third-order valence-electron chi connectivity index (χ3n) is 24.3. The van der Waals surface area contributed by atoms with Crippen molar-refractivity contribution in [2.45, 2.75) is 0 Å². The van der Waals surface area contributed by atoms with E-state index in [0.29, 0.717) is 11.6 Å². The lowest BCUT2D eigenvalue weighted by Gasteiger charge is -2.12. The molecule has 0 aliphatic carbocycles. The Morgan fingerprint density at radius 1 is 0.133 bits per heavy atom. The Morgan fingerprint density at radius 3 is 0.758 bits per heavy atom. The molecule has 24 rings (SSSR count). The second-order valence-electron chi connectivity index (χ2n) is 31.3. The number of nitrogens with zero attached hydrogens (tertiary/aromatic N) is 8. The van der Waals surface area contributed by atoms with Crippen molar-refractivity contribution in [1.29, 1.82) is 0 Å². The van der Waals surface area contributed by atoms with E-state index >= 15 is 0 Å². The van der Waals surface area contributed by atoms with Crippen molar-refractivity contribution in [3.63, 3.8) is 0 Å². The zero-order chi connectivity index (χ0) is 78.9. The summed E-state index contributed by atoms with van der Waals surface area (Å²) < 4.78 is 9.70. The summed E-state index contributed by atoms with van der Waals surface area (Å²) in [5, 5.41) is 14.1. The highest BCUT2D eigenvalue weighted by atomic mass is 15.0. The van der Waals surface area contributed by atoms with E-state index in [0.717, 1.165) is 167 Å². The summed E-state index contributed by atoms with van der Waals surface area (Å²) >= 11 is 0. The molecule has 0 aliphatic heterocycles. The Bertz CT molecular complexity index is 8130. The number of para-hydroxylation sites is 4. The standard InChI is InChI=1S/C112H70N8/c1-7-23-72(24-8-1)99-69-101(115-111(113-99)74-27-11-3-12-28-74)84-42-40-77-61-89(52-44-76(77)59-84)119-104-38-22-20-36-92(104)94-64-79(46-54-106(94)119)80-47-55-107-95(65-80)96-66-82(48-56-108(96)118(107)88-33-17-6-18-34-88)83-50-58-110-98(68-83)97-67-81(78-45-53-105-93(63-78)91-35-19-21-37-103(91)117(105)87-31-15-5-16-32-87)49-57-109(97)120(110)90-51-43-71-39-41-85(60-86(71)62-90)102-70-100(73-25-9-2-10-26-73)114-112(116-102)75-29-13-4-14-30-75/h1-70H. The summed E-state index contributed by atoms with van der Waals surface area (Å²) in [6, 6.07) is 154. The molecule has 0 amide bonds. The van der Waals surface area contributed by atoms with Gasteiger partial charge in [-0.1, -0.05) is 267 Å². The minimum absolute atomic E-state index is 0.689. The number of hydrogen-bond donors (Lipinski definition) is 0. The lowest BCUT2D eigenvalue weighted by Crippen LogP contribution is -1.96. The van der Waals surface area contributed by atoms with Crippen LogP contribution in [-0.2, 0) is 0 Å². The van der Waals surface area contributed by atoms with E-state index < -0.39 is 0 Å². The van der Waals surface area contributed by atoms with E-state index in [1.165, 1.54) is 54.1 Å². The molecule has 120 heavy (non-hydrogen) atoms. The maximum Gasteiger partial charge on any atom is 0.160 e. The van der Waals surface area contributed by atoms with Crippen molar-refractivity contribution < 1.29 is 0 Å². The molecule has 0 saturated heterocycles. The Labute approximate surface area is 691 Å². The summed E-state index contributed by atoms with van der Waals surface area (Å²) in [4.78, 5) is 20.6. The predicted molar refractivity (Wildman–Crippen MR) is 499 cm³/mol. The topological polar surface area (TPSA) is 71.3 Å². The third-order valence-corrected chi connectivity index (χ3v) is 24.3. The lowest BCUT2D eigenvalue weighted by molar-refractivity contribution is 1.18. The molecule has 6 heterocycles. The van der Waals surface area contributed by atoms with Crippen LogP contribution in [-0.4, -0.2) is 38.2 Å².